The summed E-state index contributed by atoms with van der Waals surface area (Å²) in [6.45, 7) is 4.33. The molecule has 106 valence electrons. The van der Waals surface area contributed by atoms with Crippen LogP contribution in [0.1, 0.15) is 16.7 Å². The van der Waals surface area contributed by atoms with Crippen molar-refractivity contribution in [3.05, 3.63) is 57.9 Å². The molecule has 0 aliphatic carbocycles. The average Bonchev–Trinajstić information content (AvgIpc) is 2.36. The summed E-state index contributed by atoms with van der Waals surface area (Å²) in [5.74, 6) is 0.540. The summed E-state index contributed by atoms with van der Waals surface area (Å²) >= 11 is 6.00. The van der Waals surface area contributed by atoms with Crippen molar-refractivity contribution in [1.29, 1.82) is 0 Å². The van der Waals surface area contributed by atoms with Crippen LogP contribution < -0.4 is 10.1 Å². The molecule has 1 N–H and O–H groups in total. The van der Waals surface area contributed by atoms with Gasteiger partial charge in [0.1, 0.15) is 5.75 Å². The summed E-state index contributed by atoms with van der Waals surface area (Å²) in [5, 5.41) is 3.66. The van der Waals surface area contributed by atoms with Crippen molar-refractivity contribution in [3.8, 4) is 11.5 Å². The minimum absolute atomic E-state index is 0.260. The molecule has 0 radical (unpaired) electrons. The first-order valence-electron chi connectivity index (χ1n) is 6.39. The highest BCUT2D eigenvalue weighted by Crippen LogP contribution is 2.34. The Morgan fingerprint density at radius 3 is 2.40 bits per heavy atom. The van der Waals surface area contributed by atoms with Gasteiger partial charge in [0.15, 0.2) is 11.6 Å². The van der Waals surface area contributed by atoms with E-state index in [1.165, 1.54) is 6.07 Å². The quantitative estimate of drug-likeness (QED) is 0.889. The zero-order valence-corrected chi connectivity index (χ0v) is 12.5. The van der Waals surface area contributed by atoms with Gasteiger partial charge in [-0.2, -0.15) is 0 Å². The van der Waals surface area contributed by atoms with E-state index in [2.05, 4.69) is 5.32 Å². The van der Waals surface area contributed by atoms with Gasteiger partial charge in [-0.05, 0) is 50.2 Å². The Morgan fingerprint density at radius 1 is 1.15 bits per heavy atom. The number of halogens is 2. The van der Waals surface area contributed by atoms with E-state index in [0.717, 1.165) is 16.7 Å². The van der Waals surface area contributed by atoms with Gasteiger partial charge in [-0.15, -0.1) is 0 Å². The van der Waals surface area contributed by atoms with Crippen molar-refractivity contribution in [2.75, 3.05) is 7.05 Å². The van der Waals surface area contributed by atoms with E-state index in [0.29, 0.717) is 17.3 Å². The number of nitrogens with one attached hydrogen (secondary N) is 1. The van der Waals surface area contributed by atoms with Crippen molar-refractivity contribution in [1.82, 2.24) is 5.32 Å². The van der Waals surface area contributed by atoms with Crippen LogP contribution in [0.4, 0.5) is 4.39 Å². The van der Waals surface area contributed by atoms with Crippen LogP contribution in [0.5, 0.6) is 11.5 Å². The molecule has 2 aromatic carbocycles. The molecule has 0 unspecified atom stereocenters. The lowest BCUT2D eigenvalue weighted by atomic mass is 10.1. The highest BCUT2D eigenvalue weighted by molar-refractivity contribution is 6.30. The maximum atomic E-state index is 14.0. The Kier molecular flexibility index (Phi) is 4.63. The third kappa shape index (κ3) is 3.11. The van der Waals surface area contributed by atoms with Gasteiger partial charge in [-0.25, -0.2) is 4.39 Å². The SMILES string of the molecule is CNCc1cccc(F)c1Oc1c(C)cc(Cl)cc1C. The number of para-hydroxylation sites is 1. The van der Waals surface area contributed by atoms with Crippen LogP contribution in [0, 0.1) is 19.7 Å². The predicted octanol–water partition coefficient (Wildman–Crippen LogP) is 4.61. The zero-order valence-electron chi connectivity index (χ0n) is 11.8. The summed E-state index contributed by atoms with van der Waals surface area (Å²) in [6.07, 6.45) is 0. The summed E-state index contributed by atoms with van der Waals surface area (Å²) < 4.78 is 19.9. The van der Waals surface area contributed by atoms with Gasteiger partial charge in [0, 0.05) is 17.1 Å². The predicted molar refractivity (Wildman–Crippen MR) is 80.2 cm³/mol. The number of rotatable bonds is 4. The lowest BCUT2D eigenvalue weighted by molar-refractivity contribution is 0.429. The third-order valence-electron chi connectivity index (χ3n) is 3.04. The van der Waals surface area contributed by atoms with E-state index in [9.17, 15) is 4.39 Å². The fourth-order valence-corrected chi connectivity index (χ4v) is 2.49. The van der Waals surface area contributed by atoms with Crippen LogP contribution in [0.3, 0.4) is 0 Å². The summed E-state index contributed by atoms with van der Waals surface area (Å²) in [6, 6.07) is 8.53. The molecule has 0 aromatic heterocycles. The minimum Gasteiger partial charge on any atom is -0.453 e. The smallest absolute Gasteiger partial charge is 0.167 e. The maximum Gasteiger partial charge on any atom is 0.167 e. The molecule has 0 saturated carbocycles. The Hall–Kier alpha value is -1.58. The number of hydrogen-bond acceptors (Lipinski definition) is 2. The van der Waals surface area contributed by atoms with E-state index < -0.39 is 0 Å². The number of aryl methyl sites for hydroxylation is 2. The molecule has 0 bridgehead atoms. The molecule has 0 fully saturated rings. The molecule has 0 aliphatic heterocycles. The second-order valence-electron chi connectivity index (χ2n) is 4.73. The van der Waals surface area contributed by atoms with Crippen LogP contribution in [0.25, 0.3) is 0 Å². The van der Waals surface area contributed by atoms with Gasteiger partial charge in [0.05, 0.1) is 0 Å². The first kappa shape index (κ1) is 14.8. The molecule has 2 nitrogen and oxygen atoms in total. The topological polar surface area (TPSA) is 21.3 Å². The summed E-state index contributed by atoms with van der Waals surface area (Å²) in [4.78, 5) is 0. The minimum atomic E-state index is -0.369. The van der Waals surface area contributed by atoms with Crippen LogP contribution >= 0.6 is 11.6 Å². The van der Waals surface area contributed by atoms with E-state index in [1.807, 2.05) is 39.1 Å². The first-order chi connectivity index (χ1) is 9.52. The second kappa shape index (κ2) is 6.25. The highest BCUT2D eigenvalue weighted by Gasteiger charge is 2.14. The van der Waals surface area contributed by atoms with Gasteiger partial charge >= 0.3 is 0 Å². The Bertz CT molecular complexity index is 605. The zero-order chi connectivity index (χ0) is 14.7. The van der Waals surface area contributed by atoms with Crippen LogP contribution in [0.15, 0.2) is 30.3 Å². The van der Waals surface area contributed by atoms with Gasteiger partial charge in [0.25, 0.3) is 0 Å². The van der Waals surface area contributed by atoms with Gasteiger partial charge in [-0.3, -0.25) is 0 Å². The monoisotopic (exact) mass is 293 g/mol. The fourth-order valence-electron chi connectivity index (χ4n) is 2.16. The van der Waals surface area contributed by atoms with Crippen molar-refractivity contribution >= 4 is 11.6 Å². The lowest BCUT2D eigenvalue weighted by Gasteiger charge is -2.16. The van der Waals surface area contributed by atoms with Gasteiger partial charge < -0.3 is 10.1 Å². The summed E-state index contributed by atoms with van der Waals surface area (Å²) in [7, 11) is 1.81. The Labute approximate surface area is 123 Å². The van der Waals surface area contributed by atoms with Gasteiger partial charge in [0.2, 0.25) is 0 Å². The molecule has 2 rings (SSSR count). The molecule has 0 spiro atoms. The largest absolute Gasteiger partial charge is 0.453 e. The highest BCUT2D eigenvalue weighted by atomic mass is 35.5. The normalized spacial score (nSPS) is 10.7. The fraction of sp³-hybridized carbons (Fsp3) is 0.250. The molecule has 0 amide bonds. The molecular formula is C16H17ClFNO. The second-order valence-corrected chi connectivity index (χ2v) is 5.17. The Morgan fingerprint density at radius 2 is 1.80 bits per heavy atom. The van der Waals surface area contributed by atoms with Crippen molar-refractivity contribution in [3.63, 3.8) is 0 Å². The van der Waals surface area contributed by atoms with Crippen LogP contribution in [-0.4, -0.2) is 7.05 Å². The number of benzene rings is 2. The molecule has 0 atom stereocenters. The molecule has 2 aromatic rings. The standard InChI is InChI=1S/C16H17ClFNO/c1-10-7-13(17)8-11(2)15(10)20-16-12(9-19-3)5-4-6-14(16)18/h4-8,19H,9H2,1-3H3. The van der Waals surface area contributed by atoms with Crippen molar-refractivity contribution < 1.29 is 9.13 Å². The van der Waals surface area contributed by atoms with Crippen molar-refractivity contribution in [2.45, 2.75) is 20.4 Å². The maximum absolute atomic E-state index is 14.0. The average molecular weight is 294 g/mol. The molecule has 0 saturated heterocycles. The molecule has 0 heterocycles. The van der Waals surface area contributed by atoms with Crippen molar-refractivity contribution in [2.24, 2.45) is 0 Å². The molecule has 4 heteroatoms. The first-order valence-corrected chi connectivity index (χ1v) is 6.77. The molecule has 0 aliphatic rings. The van der Waals surface area contributed by atoms with E-state index in [-0.39, 0.29) is 11.6 Å². The third-order valence-corrected chi connectivity index (χ3v) is 3.26. The lowest BCUT2D eigenvalue weighted by Crippen LogP contribution is -2.07. The van der Waals surface area contributed by atoms with E-state index in [1.54, 1.807) is 6.07 Å². The molecule has 20 heavy (non-hydrogen) atoms. The Balaban J connectivity index is 2.45. The van der Waals surface area contributed by atoms with E-state index >= 15 is 0 Å². The van der Waals surface area contributed by atoms with Gasteiger partial charge in [-0.1, -0.05) is 23.7 Å². The summed E-state index contributed by atoms with van der Waals surface area (Å²) in [5.41, 5.74) is 2.54. The van der Waals surface area contributed by atoms with Crippen LogP contribution in [-0.2, 0) is 6.54 Å². The molecular weight excluding hydrogens is 277 g/mol. The van der Waals surface area contributed by atoms with Crippen LogP contribution in [0.2, 0.25) is 5.02 Å². The van der Waals surface area contributed by atoms with E-state index in [4.69, 9.17) is 16.3 Å². The number of hydrogen-bond donors (Lipinski definition) is 1. The number of ether oxygens (including phenoxy) is 1.